The van der Waals surface area contributed by atoms with Crippen molar-refractivity contribution in [2.24, 2.45) is 0 Å². The molecule has 0 saturated carbocycles. The first-order valence-electron chi connectivity index (χ1n) is 9.56. The summed E-state index contributed by atoms with van der Waals surface area (Å²) in [5.74, 6) is 1.36. The summed E-state index contributed by atoms with van der Waals surface area (Å²) in [5.41, 5.74) is 0.993. The van der Waals surface area contributed by atoms with Crippen molar-refractivity contribution in [2.75, 3.05) is 27.6 Å². The van der Waals surface area contributed by atoms with Gasteiger partial charge in [-0.15, -0.1) is 6.58 Å². The minimum atomic E-state index is -0.541. The largest absolute Gasteiger partial charge is 0.507 e. The molecule has 0 bridgehead atoms. The number of methoxy groups -OCH3 is 2. The molecule has 31 heavy (non-hydrogen) atoms. The first-order valence-corrected chi connectivity index (χ1v) is 9.56. The van der Waals surface area contributed by atoms with E-state index >= 15 is 0 Å². The maximum absolute atomic E-state index is 13.2. The van der Waals surface area contributed by atoms with Crippen LogP contribution in [0.25, 0.3) is 22.3 Å². The molecule has 162 valence electrons. The van der Waals surface area contributed by atoms with Crippen molar-refractivity contribution in [3.8, 4) is 45.8 Å². The highest BCUT2D eigenvalue weighted by Gasteiger charge is 2.26. The lowest BCUT2D eigenvalue weighted by atomic mass is 10.1. The van der Waals surface area contributed by atoms with Gasteiger partial charge in [0.1, 0.15) is 11.1 Å². The van der Waals surface area contributed by atoms with Gasteiger partial charge in [0, 0.05) is 18.1 Å². The van der Waals surface area contributed by atoms with Crippen molar-refractivity contribution in [3.05, 3.63) is 46.6 Å². The standard InChI is InChI=1S/C23H22O8/c1-12(2)7-8-28-17-10-14(24)18-19(25)23(27-4)20(31-22(18)21(17)26-3)13-5-6-15-16(9-13)30-11-29-15/h5-6,9-10,24H,1,7-8,11H2,2-4H3. The van der Waals surface area contributed by atoms with E-state index in [4.69, 9.17) is 28.1 Å². The molecule has 1 aromatic heterocycles. The van der Waals surface area contributed by atoms with E-state index in [1.54, 1.807) is 18.2 Å². The maximum atomic E-state index is 13.2. The lowest BCUT2D eigenvalue weighted by Gasteiger charge is -2.15. The molecule has 3 aromatic rings. The summed E-state index contributed by atoms with van der Waals surface area (Å²) in [6.07, 6.45) is 0.622. The van der Waals surface area contributed by atoms with Gasteiger partial charge in [0.15, 0.2) is 28.6 Å². The monoisotopic (exact) mass is 426 g/mol. The number of ether oxygens (including phenoxy) is 5. The Morgan fingerprint density at radius 1 is 1.13 bits per heavy atom. The molecule has 0 fully saturated rings. The molecule has 1 N–H and O–H groups in total. The summed E-state index contributed by atoms with van der Waals surface area (Å²) in [6, 6.07) is 6.46. The first-order chi connectivity index (χ1) is 14.9. The number of rotatable bonds is 7. The van der Waals surface area contributed by atoms with Gasteiger partial charge >= 0.3 is 0 Å². The number of hydrogen-bond acceptors (Lipinski definition) is 8. The second-order valence-corrected chi connectivity index (χ2v) is 7.05. The molecule has 0 aliphatic carbocycles. The predicted molar refractivity (Wildman–Crippen MR) is 114 cm³/mol. The molecule has 1 aliphatic rings. The second-order valence-electron chi connectivity index (χ2n) is 7.05. The first kappa shape index (κ1) is 20.5. The zero-order valence-electron chi connectivity index (χ0n) is 17.4. The molecule has 4 rings (SSSR count). The zero-order chi connectivity index (χ0) is 22.1. The van der Waals surface area contributed by atoms with E-state index in [9.17, 15) is 9.90 Å². The van der Waals surface area contributed by atoms with E-state index in [1.807, 2.05) is 6.92 Å². The molecule has 2 heterocycles. The fourth-order valence-corrected chi connectivity index (χ4v) is 3.33. The topological polar surface area (TPSA) is 96.6 Å². The zero-order valence-corrected chi connectivity index (χ0v) is 17.4. The van der Waals surface area contributed by atoms with Gasteiger partial charge in [-0.05, 0) is 25.1 Å². The molecule has 1 aliphatic heterocycles. The molecule has 0 radical (unpaired) electrons. The smallest absolute Gasteiger partial charge is 0.239 e. The molecular formula is C23H22O8. The van der Waals surface area contributed by atoms with Crippen LogP contribution in [0.15, 0.2) is 45.6 Å². The van der Waals surface area contributed by atoms with E-state index in [0.29, 0.717) is 30.1 Å². The van der Waals surface area contributed by atoms with Crippen LogP contribution in [0.2, 0.25) is 0 Å². The maximum Gasteiger partial charge on any atom is 0.239 e. The average molecular weight is 426 g/mol. The van der Waals surface area contributed by atoms with Crippen LogP contribution in [0.1, 0.15) is 13.3 Å². The third-order valence-corrected chi connectivity index (χ3v) is 4.85. The summed E-state index contributed by atoms with van der Waals surface area (Å²) in [4.78, 5) is 13.2. The minimum Gasteiger partial charge on any atom is -0.507 e. The fourth-order valence-electron chi connectivity index (χ4n) is 3.33. The number of fused-ring (bicyclic) bond motifs is 2. The van der Waals surface area contributed by atoms with Crippen LogP contribution in [0.3, 0.4) is 0 Å². The summed E-state index contributed by atoms with van der Waals surface area (Å²) in [5, 5.41) is 10.5. The van der Waals surface area contributed by atoms with Crippen molar-refractivity contribution in [1.82, 2.24) is 0 Å². The molecule has 0 amide bonds. The predicted octanol–water partition coefficient (Wildman–Crippen LogP) is 4.26. The summed E-state index contributed by atoms with van der Waals surface area (Å²) >= 11 is 0. The second kappa shape index (κ2) is 8.14. The van der Waals surface area contributed by atoms with Gasteiger partial charge in [-0.1, -0.05) is 5.57 Å². The molecule has 8 nitrogen and oxygen atoms in total. The third-order valence-electron chi connectivity index (χ3n) is 4.85. The third kappa shape index (κ3) is 3.61. The van der Waals surface area contributed by atoms with Crippen molar-refractivity contribution < 1.29 is 33.2 Å². The van der Waals surface area contributed by atoms with E-state index in [0.717, 1.165) is 5.57 Å². The van der Waals surface area contributed by atoms with E-state index in [2.05, 4.69) is 6.58 Å². The van der Waals surface area contributed by atoms with Gasteiger partial charge in [-0.2, -0.15) is 0 Å². The van der Waals surface area contributed by atoms with Crippen LogP contribution >= 0.6 is 0 Å². The average Bonchev–Trinajstić information content (AvgIpc) is 3.21. The molecular weight excluding hydrogens is 404 g/mol. The highest BCUT2D eigenvalue weighted by molar-refractivity contribution is 5.93. The Hall–Kier alpha value is -3.81. The molecule has 0 spiro atoms. The minimum absolute atomic E-state index is 0.0475. The van der Waals surface area contributed by atoms with E-state index in [1.165, 1.54) is 20.3 Å². The Balaban J connectivity index is 1.93. The number of phenolic OH excluding ortho intramolecular Hbond substituents is 1. The highest BCUT2D eigenvalue weighted by atomic mass is 16.7. The van der Waals surface area contributed by atoms with Crippen LogP contribution < -0.4 is 29.1 Å². The van der Waals surface area contributed by atoms with Crippen molar-refractivity contribution >= 4 is 11.0 Å². The summed E-state index contributed by atoms with van der Waals surface area (Å²) in [7, 11) is 2.79. The fraction of sp³-hybridized carbons (Fsp3) is 0.261. The van der Waals surface area contributed by atoms with Crippen LogP contribution in [0, 0.1) is 0 Å². The van der Waals surface area contributed by atoms with Gasteiger partial charge in [-0.3, -0.25) is 4.79 Å². The molecule has 0 unspecified atom stereocenters. The Bertz CT molecular complexity index is 1220. The van der Waals surface area contributed by atoms with Crippen LogP contribution in [-0.2, 0) is 0 Å². The van der Waals surface area contributed by atoms with Crippen LogP contribution in [0.4, 0.5) is 0 Å². The SMILES string of the molecule is C=C(C)CCOc1cc(O)c2c(=O)c(OC)c(-c3ccc4c(c3)OCO4)oc2c1OC. The lowest BCUT2D eigenvalue weighted by Crippen LogP contribution is -2.09. The van der Waals surface area contributed by atoms with Crippen molar-refractivity contribution in [1.29, 1.82) is 0 Å². The molecule has 2 aromatic carbocycles. The van der Waals surface area contributed by atoms with Gasteiger partial charge in [-0.25, -0.2) is 0 Å². The van der Waals surface area contributed by atoms with Gasteiger partial charge in [0.2, 0.25) is 23.7 Å². The Morgan fingerprint density at radius 2 is 1.87 bits per heavy atom. The van der Waals surface area contributed by atoms with Crippen molar-refractivity contribution in [2.45, 2.75) is 13.3 Å². The Kier molecular flexibility index (Phi) is 5.37. The molecule has 0 atom stereocenters. The molecule has 8 heteroatoms. The normalized spacial score (nSPS) is 12.1. The lowest BCUT2D eigenvalue weighted by molar-refractivity contribution is 0.174. The Labute approximate surface area is 178 Å². The quantitative estimate of drug-likeness (QED) is 0.560. The number of benzene rings is 2. The molecule has 0 saturated heterocycles. The van der Waals surface area contributed by atoms with Gasteiger partial charge in [0.05, 0.1) is 20.8 Å². The summed E-state index contributed by atoms with van der Waals surface area (Å²) in [6.45, 7) is 6.17. The van der Waals surface area contributed by atoms with Crippen LogP contribution in [-0.4, -0.2) is 32.7 Å². The Morgan fingerprint density at radius 3 is 2.58 bits per heavy atom. The van der Waals surface area contributed by atoms with Gasteiger partial charge < -0.3 is 33.2 Å². The number of phenols is 1. The van der Waals surface area contributed by atoms with Crippen molar-refractivity contribution in [3.63, 3.8) is 0 Å². The van der Waals surface area contributed by atoms with E-state index in [-0.39, 0.29) is 46.5 Å². The van der Waals surface area contributed by atoms with Crippen LogP contribution in [0.5, 0.6) is 34.5 Å². The summed E-state index contributed by atoms with van der Waals surface area (Å²) < 4.78 is 33.4. The van der Waals surface area contributed by atoms with E-state index < -0.39 is 5.43 Å². The number of aromatic hydroxyl groups is 1. The number of hydrogen-bond donors (Lipinski definition) is 1. The highest BCUT2D eigenvalue weighted by Crippen LogP contribution is 2.44. The van der Waals surface area contributed by atoms with Gasteiger partial charge in [0.25, 0.3) is 0 Å².